The van der Waals surface area contributed by atoms with Gasteiger partial charge >= 0.3 is 5.97 Å². The van der Waals surface area contributed by atoms with E-state index in [1.807, 2.05) is 0 Å². The highest BCUT2D eigenvalue weighted by atomic mass is 16.4. The summed E-state index contributed by atoms with van der Waals surface area (Å²) < 4.78 is 0. The van der Waals surface area contributed by atoms with Gasteiger partial charge < -0.3 is 9.90 Å². The smallest absolute Gasteiger partial charge is 0.303 e. The van der Waals surface area contributed by atoms with Crippen molar-refractivity contribution < 1.29 is 24.3 Å². The SMILES string of the molecule is C[C@]12CC[C@H]3[C@@H](CC[C@@H]4CCC(=O)C(=O)[C@@]43C)[C@@H]1CC[C@@H]2[C@H](C=O)CCC(=O)O. The number of carbonyl (C=O) groups is 4. The molecule has 4 saturated carbocycles. The second kappa shape index (κ2) is 7.31. The minimum absolute atomic E-state index is 0.0379. The lowest BCUT2D eigenvalue weighted by Crippen LogP contribution is -2.58. The number of fused-ring (bicyclic) bond motifs is 5. The van der Waals surface area contributed by atoms with Crippen LogP contribution >= 0.6 is 0 Å². The Kier molecular flexibility index (Phi) is 5.23. The van der Waals surface area contributed by atoms with Gasteiger partial charge in [-0.15, -0.1) is 0 Å². The van der Waals surface area contributed by atoms with E-state index in [4.69, 9.17) is 5.11 Å². The maximum absolute atomic E-state index is 13.0. The first-order valence-electron chi connectivity index (χ1n) is 11.5. The van der Waals surface area contributed by atoms with Crippen molar-refractivity contribution in [3.8, 4) is 0 Å². The van der Waals surface area contributed by atoms with Gasteiger partial charge in [0, 0.05) is 24.2 Å². The lowest BCUT2D eigenvalue weighted by Gasteiger charge is -2.59. The molecule has 0 aromatic rings. The van der Waals surface area contributed by atoms with Crippen molar-refractivity contribution in [1.29, 1.82) is 0 Å². The molecule has 4 aliphatic rings. The number of Topliss-reactive ketones (excluding diaryl/α,β-unsaturated/α-hetero) is 2. The fourth-order valence-corrected chi connectivity index (χ4v) is 8.35. The Morgan fingerprint density at radius 2 is 1.86 bits per heavy atom. The minimum Gasteiger partial charge on any atom is -0.481 e. The maximum atomic E-state index is 13.0. The fraction of sp³-hybridized carbons (Fsp3) is 0.833. The lowest BCUT2D eigenvalue weighted by atomic mass is 9.44. The first kappa shape index (κ1) is 20.7. The van der Waals surface area contributed by atoms with Crippen molar-refractivity contribution in [2.75, 3.05) is 0 Å². The van der Waals surface area contributed by atoms with E-state index in [1.54, 1.807) is 0 Å². The van der Waals surface area contributed by atoms with Crippen LogP contribution in [0, 0.1) is 46.3 Å². The molecule has 1 N–H and O–H groups in total. The van der Waals surface area contributed by atoms with Crippen LogP contribution in [-0.2, 0) is 19.2 Å². The monoisotopic (exact) mass is 402 g/mol. The summed E-state index contributed by atoms with van der Waals surface area (Å²) in [5.41, 5.74) is -0.457. The molecule has 0 amide bonds. The van der Waals surface area contributed by atoms with E-state index in [2.05, 4.69) is 13.8 Å². The van der Waals surface area contributed by atoms with Crippen molar-refractivity contribution in [3.63, 3.8) is 0 Å². The van der Waals surface area contributed by atoms with Gasteiger partial charge in [-0.1, -0.05) is 13.8 Å². The molecule has 0 aromatic carbocycles. The van der Waals surface area contributed by atoms with Crippen LogP contribution in [0.2, 0.25) is 0 Å². The zero-order valence-electron chi connectivity index (χ0n) is 17.7. The second-order valence-corrected chi connectivity index (χ2v) is 10.7. The molecule has 4 fully saturated rings. The maximum Gasteiger partial charge on any atom is 0.303 e. The highest BCUT2D eigenvalue weighted by Gasteiger charge is 2.63. The summed E-state index contributed by atoms with van der Waals surface area (Å²) in [5.74, 6) is 0.458. The molecule has 8 atom stereocenters. The molecule has 0 radical (unpaired) electrons. The number of ketones is 2. The number of carboxylic acids is 1. The van der Waals surface area contributed by atoms with Gasteiger partial charge in [-0.3, -0.25) is 14.4 Å². The van der Waals surface area contributed by atoms with E-state index in [0.29, 0.717) is 30.6 Å². The van der Waals surface area contributed by atoms with Gasteiger partial charge in [-0.25, -0.2) is 0 Å². The van der Waals surface area contributed by atoms with Crippen molar-refractivity contribution >= 4 is 23.8 Å². The molecule has 0 aliphatic heterocycles. The Bertz CT molecular complexity index is 729. The van der Waals surface area contributed by atoms with Crippen molar-refractivity contribution in [3.05, 3.63) is 0 Å². The fourth-order valence-electron chi connectivity index (χ4n) is 8.35. The van der Waals surface area contributed by atoms with Gasteiger partial charge in [-0.2, -0.15) is 0 Å². The van der Waals surface area contributed by atoms with Gasteiger partial charge in [0.25, 0.3) is 0 Å². The largest absolute Gasteiger partial charge is 0.481 e. The Morgan fingerprint density at radius 1 is 1.10 bits per heavy atom. The van der Waals surface area contributed by atoms with E-state index in [-0.39, 0.29) is 41.2 Å². The predicted octanol–water partition coefficient (Wildman–Crippen LogP) is 4.07. The number of rotatable bonds is 5. The van der Waals surface area contributed by atoms with E-state index in [9.17, 15) is 19.2 Å². The number of hydrogen-bond donors (Lipinski definition) is 1. The van der Waals surface area contributed by atoms with Crippen molar-refractivity contribution in [1.82, 2.24) is 0 Å². The van der Waals surface area contributed by atoms with Crippen LogP contribution in [0.1, 0.15) is 78.1 Å². The molecular weight excluding hydrogens is 368 g/mol. The molecule has 0 saturated heterocycles. The summed E-state index contributed by atoms with van der Waals surface area (Å²) in [7, 11) is 0. The summed E-state index contributed by atoms with van der Waals surface area (Å²) in [6.45, 7) is 4.38. The Hall–Kier alpha value is -1.52. The van der Waals surface area contributed by atoms with Gasteiger partial charge in [0.15, 0.2) is 5.78 Å². The molecule has 0 bridgehead atoms. The number of carbonyl (C=O) groups excluding carboxylic acids is 3. The first-order chi connectivity index (χ1) is 13.7. The number of hydrogen-bond acceptors (Lipinski definition) is 4. The van der Waals surface area contributed by atoms with E-state index in [1.165, 1.54) is 0 Å². The van der Waals surface area contributed by atoms with Crippen LogP contribution < -0.4 is 0 Å². The van der Waals surface area contributed by atoms with Crippen LogP contribution in [0.4, 0.5) is 0 Å². The average Bonchev–Trinajstić information content (AvgIpc) is 3.03. The average molecular weight is 403 g/mol. The molecule has 160 valence electrons. The molecule has 0 spiro atoms. The molecule has 4 rings (SSSR count). The number of carboxylic acid groups (broad SMARTS) is 1. The molecule has 29 heavy (non-hydrogen) atoms. The third-order valence-electron chi connectivity index (χ3n) is 9.82. The van der Waals surface area contributed by atoms with Crippen LogP contribution in [0.5, 0.6) is 0 Å². The summed E-state index contributed by atoms with van der Waals surface area (Å²) in [5, 5.41) is 9.06. The first-order valence-corrected chi connectivity index (χ1v) is 11.5. The number of aliphatic carboxylic acids is 1. The highest BCUT2D eigenvalue weighted by Crippen LogP contribution is 2.67. The molecule has 4 aliphatic carbocycles. The Balaban J connectivity index is 1.59. The van der Waals surface area contributed by atoms with Crippen LogP contribution in [0.3, 0.4) is 0 Å². The van der Waals surface area contributed by atoms with E-state index >= 15 is 0 Å². The summed E-state index contributed by atoms with van der Waals surface area (Å²) >= 11 is 0. The zero-order valence-corrected chi connectivity index (χ0v) is 17.7. The molecule has 5 heteroatoms. The van der Waals surface area contributed by atoms with Crippen molar-refractivity contribution in [2.45, 2.75) is 78.1 Å². The normalized spacial score (nSPS) is 45.1. The summed E-state index contributed by atoms with van der Waals surface area (Å²) in [6.07, 6.45) is 8.86. The zero-order chi connectivity index (χ0) is 21.0. The predicted molar refractivity (Wildman–Crippen MR) is 107 cm³/mol. The Labute approximate surface area is 173 Å². The third-order valence-corrected chi connectivity index (χ3v) is 9.82. The van der Waals surface area contributed by atoms with Gasteiger partial charge in [0.2, 0.25) is 5.78 Å². The number of aldehydes is 1. The van der Waals surface area contributed by atoms with Crippen LogP contribution in [0.25, 0.3) is 0 Å². The quantitative estimate of drug-likeness (QED) is 0.553. The molecular formula is C24H34O5. The summed E-state index contributed by atoms with van der Waals surface area (Å²) in [4.78, 5) is 48.2. The molecule has 0 aromatic heterocycles. The van der Waals surface area contributed by atoms with Crippen molar-refractivity contribution in [2.24, 2.45) is 46.3 Å². The minimum atomic E-state index is -0.841. The third kappa shape index (κ3) is 3.02. The lowest BCUT2D eigenvalue weighted by molar-refractivity contribution is -0.163. The van der Waals surface area contributed by atoms with Crippen LogP contribution in [-0.4, -0.2) is 28.9 Å². The van der Waals surface area contributed by atoms with Crippen LogP contribution in [0.15, 0.2) is 0 Å². The van der Waals surface area contributed by atoms with Gasteiger partial charge in [0.05, 0.1) is 0 Å². The van der Waals surface area contributed by atoms with E-state index in [0.717, 1.165) is 51.2 Å². The standard InChI is InChI=1S/C24H34O5/c1-23-12-11-19-16(6-4-15-5-9-20(26)22(29)24(15,19)2)18(23)8-7-17(23)14(13-25)3-10-21(27)28/h13-19H,3-12H2,1-2H3,(H,27,28)/t14-,15+,16-,17+,18-,19-,23+,24-/m0/s1. The highest BCUT2D eigenvalue weighted by molar-refractivity contribution is 6.39. The topological polar surface area (TPSA) is 88.5 Å². The Morgan fingerprint density at radius 3 is 2.55 bits per heavy atom. The molecule has 5 nitrogen and oxygen atoms in total. The van der Waals surface area contributed by atoms with Gasteiger partial charge in [-0.05, 0) is 86.4 Å². The summed E-state index contributed by atoms with van der Waals surface area (Å²) in [6, 6.07) is 0. The van der Waals surface area contributed by atoms with E-state index < -0.39 is 11.4 Å². The molecule has 0 unspecified atom stereocenters. The second-order valence-electron chi connectivity index (χ2n) is 10.7. The van der Waals surface area contributed by atoms with Gasteiger partial charge in [0.1, 0.15) is 6.29 Å². The molecule has 0 heterocycles.